The highest BCUT2D eigenvalue weighted by molar-refractivity contribution is 5.88. The maximum absolute atomic E-state index is 12.1. The molecule has 0 saturated heterocycles. The second-order valence-electron chi connectivity index (χ2n) is 5.84. The van der Waals surface area contributed by atoms with Crippen LogP contribution in [0.2, 0.25) is 0 Å². The number of benzene rings is 1. The van der Waals surface area contributed by atoms with Crippen molar-refractivity contribution in [3.8, 4) is 0 Å². The molecule has 1 heterocycles. The number of fused-ring (bicyclic) bond motifs is 1. The van der Waals surface area contributed by atoms with Crippen molar-refractivity contribution in [2.45, 2.75) is 39.2 Å². The van der Waals surface area contributed by atoms with Crippen LogP contribution in [0.3, 0.4) is 0 Å². The molecule has 4 nitrogen and oxygen atoms in total. The normalized spacial score (nSPS) is 11.8. The topological polar surface area (TPSA) is 62.5 Å². The Morgan fingerprint density at radius 1 is 1.40 bits per heavy atom. The number of amides is 1. The molecule has 0 bridgehead atoms. The smallest absolute Gasteiger partial charge is 0.224 e. The van der Waals surface area contributed by atoms with Gasteiger partial charge in [-0.05, 0) is 38.8 Å². The van der Waals surface area contributed by atoms with Crippen LogP contribution in [0, 0.1) is 6.92 Å². The molecule has 1 aromatic carbocycles. The fourth-order valence-electron chi connectivity index (χ4n) is 2.26. The summed E-state index contributed by atoms with van der Waals surface area (Å²) in [5.41, 5.74) is 2.42. The molecule has 0 fully saturated rings. The molecule has 2 rings (SSSR count). The zero-order chi connectivity index (χ0) is 14.8. The van der Waals surface area contributed by atoms with Gasteiger partial charge in [0.1, 0.15) is 5.58 Å². The Morgan fingerprint density at radius 3 is 2.85 bits per heavy atom. The van der Waals surface area contributed by atoms with Crippen molar-refractivity contribution in [2.24, 2.45) is 0 Å². The first-order valence-electron chi connectivity index (χ1n) is 6.80. The number of carbonyl (C=O) groups is 1. The summed E-state index contributed by atoms with van der Waals surface area (Å²) in [5, 5.41) is 12.9. The largest absolute Gasteiger partial charge is 0.464 e. The van der Waals surface area contributed by atoms with E-state index in [1.807, 2.05) is 39.0 Å². The number of furan rings is 1. The van der Waals surface area contributed by atoms with Crippen LogP contribution in [0.4, 0.5) is 0 Å². The van der Waals surface area contributed by atoms with Gasteiger partial charge in [0, 0.05) is 23.1 Å². The molecule has 0 atom stereocenters. The Bertz CT molecular complexity index is 613. The summed E-state index contributed by atoms with van der Waals surface area (Å²) in [4.78, 5) is 12.1. The third-order valence-corrected chi connectivity index (χ3v) is 3.38. The lowest BCUT2D eigenvalue weighted by molar-refractivity contribution is -0.122. The summed E-state index contributed by atoms with van der Waals surface area (Å²) in [6.07, 6.45) is 2.46. The van der Waals surface area contributed by atoms with Crippen molar-refractivity contribution in [3.05, 3.63) is 35.6 Å². The predicted octanol–water partition coefficient (Wildman–Crippen LogP) is 2.56. The van der Waals surface area contributed by atoms with Gasteiger partial charge in [-0.15, -0.1) is 0 Å². The Kier molecular flexibility index (Phi) is 4.14. The SMILES string of the molecule is Cc1ccc2c(CC(=O)NC(C)(C)CCO)coc2c1. The Hall–Kier alpha value is -1.81. The van der Waals surface area contributed by atoms with Gasteiger partial charge in [-0.1, -0.05) is 12.1 Å². The summed E-state index contributed by atoms with van der Waals surface area (Å²) >= 11 is 0. The number of aliphatic hydroxyl groups is 1. The number of aryl methyl sites for hydroxylation is 1. The fourth-order valence-corrected chi connectivity index (χ4v) is 2.26. The number of hydrogen-bond acceptors (Lipinski definition) is 3. The van der Waals surface area contributed by atoms with Crippen LogP contribution >= 0.6 is 0 Å². The van der Waals surface area contributed by atoms with E-state index < -0.39 is 5.54 Å². The number of carbonyl (C=O) groups excluding carboxylic acids is 1. The van der Waals surface area contributed by atoms with Gasteiger partial charge in [0.2, 0.25) is 5.91 Å². The average molecular weight is 275 g/mol. The molecule has 0 aliphatic heterocycles. The van der Waals surface area contributed by atoms with Crippen molar-refractivity contribution in [1.29, 1.82) is 0 Å². The zero-order valence-corrected chi connectivity index (χ0v) is 12.2. The van der Waals surface area contributed by atoms with Crippen LogP contribution in [0.5, 0.6) is 0 Å². The summed E-state index contributed by atoms with van der Waals surface area (Å²) < 4.78 is 5.49. The van der Waals surface area contributed by atoms with E-state index in [0.29, 0.717) is 6.42 Å². The molecule has 1 aromatic heterocycles. The first-order chi connectivity index (χ1) is 9.41. The lowest BCUT2D eigenvalue weighted by atomic mass is 10.0. The van der Waals surface area contributed by atoms with Crippen LogP contribution in [0.25, 0.3) is 11.0 Å². The minimum Gasteiger partial charge on any atom is -0.464 e. The molecule has 0 saturated carbocycles. The maximum atomic E-state index is 12.1. The molecular weight excluding hydrogens is 254 g/mol. The van der Waals surface area contributed by atoms with Crippen molar-refractivity contribution < 1.29 is 14.3 Å². The van der Waals surface area contributed by atoms with Crippen molar-refractivity contribution in [3.63, 3.8) is 0 Å². The third-order valence-electron chi connectivity index (χ3n) is 3.38. The molecular formula is C16H21NO3. The highest BCUT2D eigenvalue weighted by Gasteiger charge is 2.20. The molecule has 2 aromatic rings. The molecule has 4 heteroatoms. The van der Waals surface area contributed by atoms with E-state index in [1.165, 1.54) is 0 Å². The van der Waals surface area contributed by atoms with Crippen LogP contribution in [-0.2, 0) is 11.2 Å². The lowest BCUT2D eigenvalue weighted by Crippen LogP contribution is -2.44. The Labute approximate surface area is 118 Å². The number of rotatable bonds is 5. The molecule has 20 heavy (non-hydrogen) atoms. The number of aliphatic hydroxyl groups excluding tert-OH is 1. The van der Waals surface area contributed by atoms with Crippen molar-refractivity contribution >= 4 is 16.9 Å². The first kappa shape index (κ1) is 14.6. The number of nitrogens with one attached hydrogen (secondary N) is 1. The molecule has 0 aliphatic rings. The van der Waals surface area contributed by atoms with Gasteiger partial charge < -0.3 is 14.8 Å². The van der Waals surface area contributed by atoms with Crippen LogP contribution in [0.15, 0.2) is 28.9 Å². The fraction of sp³-hybridized carbons (Fsp3) is 0.438. The standard InChI is InChI=1S/C16H21NO3/c1-11-4-5-13-12(10-20-14(13)8-11)9-15(19)17-16(2,3)6-7-18/h4-5,8,10,18H,6-7,9H2,1-3H3,(H,17,19). The van der Waals surface area contributed by atoms with Gasteiger partial charge in [-0.2, -0.15) is 0 Å². The van der Waals surface area contributed by atoms with E-state index in [0.717, 1.165) is 22.1 Å². The van der Waals surface area contributed by atoms with E-state index in [4.69, 9.17) is 9.52 Å². The Balaban J connectivity index is 2.10. The lowest BCUT2D eigenvalue weighted by Gasteiger charge is -2.25. The summed E-state index contributed by atoms with van der Waals surface area (Å²) in [5.74, 6) is -0.0632. The second-order valence-corrected chi connectivity index (χ2v) is 5.84. The van der Waals surface area contributed by atoms with Crippen LogP contribution in [-0.4, -0.2) is 23.2 Å². The van der Waals surface area contributed by atoms with Gasteiger partial charge in [0.25, 0.3) is 0 Å². The van der Waals surface area contributed by atoms with Gasteiger partial charge in [-0.3, -0.25) is 4.79 Å². The summed E-state index contributed by atoms with van der Waals surface area (Å²) in [6.45, 7) is 5.86. The van der Waals surface area contributed by atoms with E-state index in [2.05, 4.69) is 5.32 Å². The number of hydrogen-bond donors (Lipinski definition) is 2. The van der Waals surface area contributed by atoms with E-state index in [9.17, 15) is 4.79 Å². The molecule has 108 valence electrons. The summed E-state index contributed by atoms with van der Waals surface area (Å²) in [6, 6.07) is 5.96. The van der Waals surface area contributed by atoms with Gasteiger partial charge in [0.15, 0.2) is 0 Å². The quantitative estimate of drug-likeness (QED) is 0.881. The Morgan fingerprint density at radius 2 is 2.15 bits per heavy atom. The van der Waals surface area contributed by atoms with E-state index in [-0.39, 0.29) is 18.9 Å². The maximum Gasteiger partial charge on any atom is 0.224 e. The van der Waals surface area contributed by atoms with Crippen molar-refractivity contribution in [1.82, 2.24) is 5.32 Å². The molecule has 0 unspecified atom stereocenters. The average Bonchev–Trinajstić information content (AvgIpc) is 2.70. The molecule has 0 radical (unpaired) electrons. The summed E-state index contributed by atoms with van der Waals surface area (Å²) in [7, 11) is 0. The molecule has 1 amide bonds. The highest BCUT2D eigenvalue weighted by atomic mass is 16.3. The van der Waals surface area contributed by atoms with E-state index in [1.54, 1.807) is 6.26 Å². The minimum atomic E-state index is -0.401. The molecule has 2 N–H and O–H groups in total. The second kappa shape index (κ2) is 5.67. The van der Waals surface area contributed by atoms with E-state index >= 15 is 0 Å². The predicted molar refractivity (Wildman–Crippen MR) is 78.6 cm³/mol. The van der Waals surface area contributed by atoms with Crippen molar-refractivity contribution in [2.75, 3.05) is 6.61 Å². The van der Waals surface area contributed by atoms with Crippen LogP contribution in [0.1, 0.15) is 31.4 Å². The molecule has 0 spiro atoms. The van der Waals surface area contributed by atoms with Gasteiger partial charge in [0.05, 0.1) is 12.7 Å². The zero-order valence-electron chi connectivity index (χ0n) is 12.2. The van der Waals surface area contributed by atoms with Crippen LogP contribution < -0.4 is 5.32 Å². The first-order valence-corrected chi connectivity index (χ1v) is 6.80. The highest BCUT2D eigenvalue weighted by Crippen LogP contribution is 2.23. The van der Waals surface area contributed by atoms with Gasteiger partial charge in [-0.25, -0.2) is 0 Å². The minimum absolute atomic E-state index is 0.0567. The third kappa shape index (κ3) is 3.39. The molecule has 0 aliphatic carbocycles. The van der Waals surface area contributed by atoms with Gasteiger partial charge >= 0.3 is 0 Å². The monoisotopic (exact) mass is 275 g/mol.